The van der Waals surface area contributed by atoms with Crippen LogP contribution in [0.25, 0.3) is 0 Å². The monoisotopic (exact) mass is 391 g/mol. The number of nitrogens with zero attached hydrogens (tertiary/aromatic N) is 3. The van der Waals surface area contributed by atoms with Gasteiger partial charge in [0.2, 0.25) is 5.91 Å². The highest BCUT2D eigenvalue weighted by atomic mass is 16.2. The molecule has 0 aliphatic carbocycles. The van der Waals surface area contributed by atoms with Gasteiger partial charge < -0.3 is 15.5 Å². The minimum atomic E-state index is -0.339. The maximum absolute atomic E-state index is 12.5. The fraction of sp³-hybridized carbons (Fsp3) is 0.227. The highest BCUT2D eigenvalue weighted by Gasteiger charge is 2.11. The van der Waals surface area contributed by atoms with Gasteiger partial charge in [-0.2, -0.15) is 5.10 Å². The number of hydrogen-bond donors (Lipinski definition) is 2. The summed E-state index contributed by atoms with van der Waals surface area (Å²) in [7, 11) is 1.76. The van der Waals surface area contributed by atoms with Crippen molar-refractivity contribution in [1.82, 2.24) is 9.78 Å². The molecule has 0 aliphatic heterocycles. The maximum atomic E-state index is 12.5. The molecular weight excluding hydrogens is 366 g/mol. The van der Waals surface area contributed by atoms with Crippen LogP contribution < -0.4 is 15.5 Å². The summed E-state index contributed by atoms with van der Waals surface area (Å²) in [5, 5.41) is 9.71. The molecule has 0 saturated heterocycles. The summed E-state index contributed by atoms with van der Waals surface area (Å²) >= 11 is 0. The largest absolute Gasteiger partial charge is 0.323 e. The summed E-state index contributed by atoms with van der Waals surface area (Å²) in [5.41, 5.74) is 3.03. The second-order valence-corrected chi connectivity index (χ2v) is 6.73. The predicted molar refractivity (Wildman–Crippen MR) is 115 cm³/mol. The topological polar surface area (TPSA) is 79.3 Å². The van der Waals surface area contributed by atoms with Crippen LogP contribution >= 0.6 is 0 Å². The number of rotatable bonds is 7. The Balaban J connectivity index is 1.52. The molecule has 29 heavy (non-hydrogen) atoms. The van der Waals surface area contributed by atoms with Crippen LogP contribution in [0.2, 0.25) is 0 Å². The van der Waals surface area contributed by atoms with Gasteiger partial charge in [-0.25, -0.2) is 4.79 Å². The Morgan fingerprint density at radius 3 is 2.38 bits per heavy atom. The van der Waals surface area contributed by atoms with Gasteiger partial charge in [-0.05, 0) is 36.2 Å². The number of carbonyl (C=O) groups is 2. The Bertz CT molecular complexity index is 951. The number of likely N-dealkylation sites (N-methyl/N-ethyl adjacent to an activating group) is 1. The lowest BCUT2D eigenvalue weighted by Crippen LogP contribution is -2.27. The zero-order valence-electron chi connectivity index (χ0n) is 16.6. The molecule has 2 N–H and O–H groups in total. The van der Waals surface area contributed by atoms with E-state index in [0.717, 1.165) is 24.2 Å². The Labute approximate surface area is 170 Å². The minimum absolute atomic E-state index is 0.00116. The summed E-state index contributed by atoms with van der Waals surface area (Å²) in [6, 6.07) is 16.4. The van der Waals surface area contributed by atoms with E-state index in [-0.39, 0.29) is 18.4 Å². The summed E-state index contributed by atoms with van der Waals surface area (Å²) in [4.78, 5) is 26.2. The molecule has 1 heterocycles. The molecule has 0 unspecified atom stereocenters. The highest BCUT2D eigenvalue weighted by Crippen LogP contribution is 2.15. The second-order valence-electron chi connectivity index (χ2n) is 6.73. The molecule has 0 fully saturated rings. The van der Waals surface area contributed by atoms with Crippen molar-refractivity contribution in [2.75, 3.05) is 22.6 Å². The van der Waals surface area contributed by atoms with E-state index in [1.807, 2.05) is 42.5 Å². The number of carbonyl (C=O) groups excluding carboxylic acids is 2. The molecule has 3 aromatic rings. The van der Waals surface area contributed by atoms with E-state index < -0.39 is 0 Å². The van der Waals surface area contributed by atoms with Crippen LogP contribution in [-0.4, -0.2) is 28.8 Å². The number of hydrogen-bond acceptors (Lipinski definition) is 3. The van der Waals surface area contributed by atoms with Crippen molar-refractivity contribution in [3.8, 4) is 0 Å². The van der Waals surface area contributed by atoms with E-state index in [2.05, 4.69) is 22.7 Å². The van der Waals surface area contributed by atoms with Gasteiger partial charge in [0, 0.05) is 31.2 Å². The van der Waals surface area contributed by atoms with Crippen molar-refractivity contribution in [2.24, 2.45) is 0 Å². The van der Waals surface area contributed by atoms with Crippen LogP contribution in [-0.2, 0) is 17.8 Å². The number of aryl methyl sites for hydroxylation is 1. The van der Waals surface area contributed by atoms with E-state index in [1.165, 1.54) is 0 Å². The third kappa shape index (κ3) is 5.68. The van der Waals surface area contributed by atoms with Crippen LogP contribution in [0.15, 0.2) is 67.0 Å². The molecule has 0 aliphatic rings. The van der Waals surface area contributed by atoms with Crippen LogP contribution in [0, 0.1) is 0 Å². The van der Waals surface area contributed by atoms with Crippen molar-refractivity contribution in [3.05, 3.63) is 72.6 Å². The fourth-order valence-electron chi connectivity index (χ4n) is 2.87. The van der Waals surface area contributed by atoms with E-state index >= 15 is 0 Å². The van der Waals surface area contributed by atoms with E-state index in [9.17, 15) is 9.59 Å². The van der Waals surface area contributed by atoms with Gasteiger partial charge in [-0.3, -0.25) is 9.48 Å². The average Bonchev–Trinajstić information content (AvgIpc) is 3.16. The van der Waals surface area contributed by atoms with E-state index in [1.54, 1.807) is 41.2 Å². The highest BCUT2D eigenvalue weighted by molar-refractivity contribution is 5.99. The Morgan fingerprint density at radius 2 is 1.69 bits per heavy atom. The van der Waals surface area contributed by atoms with Gasteiger partial charge in [0.25, 0.3) is 0 Å². The summed E-state index contributed by atoms with van der Waals surface area (Å²) in [6.45, 7) is 2.88. The van der Waals surface area contributed by atoms with Crippen LogP contribution in [0.1, 0.15) is 18.9 Å². The number of para-hydroxylation sites is 1. The Kier molecular flexibility index (Phi) is 6.63. The first kappa shape index (κ1) is 20.1. The van der Waals surface area contributed by atoms with Gasteiger partial charge in [0.1, 0.15) is 0 Å². The molecule has 1 aromatic heterocycles. The second kappa shape index (κ2) is 9.54. The van der Waals surface area contributed by atoms with Crippen molar-refractivity contribution in [3.63, 3.8) is 0 Å². The molecular formula is C22H25N5O2. The molecule has 2 aromatic carbocycles. The van der Waals surface area contributed by atoms with Gasteiger partial charge in [-0.15, -0.1) is 0 Å². The molecule has 7 heteroatoms. The third-order valence-corrected chi connectivity index (χ3v) is 4.43. The molecule has 3 rings (SSSR count). The Morgan fingerprint density at radius 1 is 1.00 bits per heavy atom. The number of amides is 3. The lowest BCUT2D eigenvalue weighted by Gasteiger charge is -2.17. The van der Waals surface area contributed by atoms with Crippen LogP contribution in [0.4, 0.5) is 21.9 Å². The van der Waals surface area contributed by atoms with Crippen molar-refractivity contribution in [1.29, 1.82) is 0 Å². The fourth-order valence-corrected chi connectivity index (χ4v) is 2.87. The van der Waals surface area contributed by atoms with Crippen molar-refractivity contribution >= 4 is 29.0 Å². The molecule has 7 nitrogen and oxygen atoms in total. The number of urea groups is 1. The number of aromatic nitrogens is 2. The lowest BCUT2D eigenvalue weighted by atomic mass is 10.1. The number of nitrogens with one attached hydrogen (secondary N) is 2. The van der Waals surface area contributed by atoms with Gasteiger partial charge in [0.15, 0.2) is 0 Å². The van der Waals surface area contributed by atoms with Gasteiger partial charge >= 0.3 is 6.03 Å². The summed E-state index contributed by atoms with van der Waals surface area (Å²) < 4.78 is 1.79. The zero-order chi connectivity index (χ0) is 20.6. The molecule has 0 bridgehead atoms. The molecule has 3 amide bonds. The summed E-state index contributed by atoms with van der Waals surface area (Å²) in [5.74, 6) is -0.00116. The molecule has 0 atom stereocenters. The van der Waals surface area contributed by atoms with Crippen LogP contribution in [0.5, 0.6) is 0 Å². The van der Waals surface area contributed by atoms with Gasteiger partial charge in [0.05, 0.1) is 18.3 Å². The zero-order valence-corrected chi connectivity index (χ0v) is 16.6. The van der Waals surface area contributed by atoms with Crippen molar-refractivity contribution < 1.29 is 9.59 Å². The Hall–Kier alpha value is -3.61. The molecule has 150 valence electrons. The molecule has 0 spiro atoms. The van der Waals surface area contributed by atoms with E-state index in [4.69, 9.17) is 0 Å². The average molecular weight is 391 g/mol. The maximum Gasteiger partial charge on any atom is 0.323 e. The number of benzene rings is 2. The third-order valence-electron chi connectivity index (χ3n) is 4.43. The van der Waals surface area contributed by atoms with E-state index in [0.29, 0.717) is 11.4 Å². The number of anilines is 3. The SMILES string of the molecule is CCCn1cc(NC(=O)Nc2ccc(CC(=O)N(C)c3ccccc3)cc2)cn1. The standard InChI is InChI=1S/C22H25N5O2/c1-3-13-27-16-19(15-23-27)25-22(29)24-18-11-9-17(10-12-18)14-21(28)26(2)20-7-5-4-6-8-20/h4-12,15-16H,3,13-14H2,1-2H3,(H2,24,25,29). The molecule has 0 radical (unpaired) electrons. The molecule has 0 saturated carbocycles. The normalized spacial score (nSPS) is 10.4. The minimum Gasteiger partial charge on any atom is -0.315 e. The van der Waals surface area contributed by atoms with Crippen molar-refractivity contribution in [2.45, 2.75) is 26.3 Å². The first-order chi connectivity index (χ1) is 14.0. The smallest absolute Gasteiger partial charge is 0.315 e. The van der Waals surface area contributed by atoms with Gasteiger partial charge in [-0.1, -0.05) is 37.3 Å². The first-order valence-electron chi connectivity index (χ1n) is 9.56. The predicted octanol–water partition coefficient (Wildman–Crippen LogP) is 4.14. The lowest BCUT2D eigenvalue weighted by molar-refractivity contribution is -0.117. The van der Waals surface area contributed by atoms with Crippen LogP contribution in [0.3, 0.4) is 0 Å². The quantitative estimate of drug-likeness (QED) is 0.635. The first-order valence-corrected chi connectivity index (χ1v) is 9.56. The summed E-state index contributed by atoms with van der Waals surface area (Å²) in [6.07, 6.45) is 4.67.